The van der Waals surface area contributed by atoms with Crippen LogP contribution in [0.2, 0.25) is 0 Å². The number of nitrogens with zero attached hydrogens (tertiary/aromatic N) is 1. The van der Waals surface area contributed by atoms with Crippen molar-refractivity contribution in [3.8, 4) is 0 Å². The Bertz CT molecular complexity index is 414. The van der Waals surface area contributed by atoms with Crippen LogP contribution in [0.3, 0.4) is 0 Å². The lowest BCUT2D eigenvalue weighted by Crippen LogP contribution is -2.11. The van der Waals surface area contributed by atoms with Crippen LogP contribution < -0.4 is 5.56 Å². The van der Waals surface area contributed by atoms with Crippen molar-refractivity contribution >= 4 is 6.20 Å². The molecule has 0 saturated heterocycles. The number of hydrogen-bond donors (Lipinski definition) is 0. The first kappa shape index (κ1) is 10.6. The predicted molar refractivity (Wildman–Crippen MR) is 59.0 cm³/mol. The second kappa shape index (κ2) is 4.12. The van der Waals surface area contributed by atoms with Crippen molar-refractivity contribution in [2.75, 3.05) is 0 Å². The van der Waals surface area contributed by atoms with Gasteiger partial charge in [0.1, 0.15) is 0 Å². The van der Waals surface area contributed by atoms with Gasteiger partial charge in [-0.3, -0.25) is 9.36 Å². The number of rotatable bonds is 1. The highest BCUT2D eigenvalue weighted by Crippen LogP contribution is 2.13. The summed E-state index contributed by atoms with van der Waals surface area (Å²) in [6.07, 6.45) is 5.30. The molecule has 1 heterocycles. The van der Waals surface area contributed by atoms with Crippen molar-refractivity contribution in [2.24, 2.45) is 5.41 Å². The molecule has 0 amide bonds. The van der Waals surface area contributed by atoms with Crippen LogP contribution in [0.5, 0.6) is 0 Å². The second-order valence-corrected chi connectivity index (χ2v) is 4.25. The van der Waals surface area contributed by atoms with Crippen molar-refractivity contribution in [3.63, 3.8) is 0 Å². The summed E-state index contributed by atoms with van der Waals surface area (Å²) in [7, 11) is 0. The molecule has 0 aliphatic carbocycles. The molecule has 14 heavy (non-hydrogen) atoms. The smallest absolute Gasteiger partial charge is 0.255 e. The average molecular weight is 189 g/mol. The van der Waals surface area contributed by atoms with Gasteiger partial charge in [0.15, 0.2) is 0 Å². The SMILES string of the molecule is CC(C)(C)C=C=Cn1ccccc1=O. The molecule has 2 nitrogen and oxygen atoms in total. The molecule has 0 aromatic carbocycles. The Balaban J connectivity index is 2.96. The van der Waals surface area contributed by atoms with E-state index >= 15 is 0 Å². The van der Waals surface area contributed by atoms with E-state index in [0.29, 0.717) is 0 Å². The number of hydrogen-bond acceptors (Lipinski definition) is 1. The molecule has 0 saturated carbocycles. The molecular weight excluding hydrogens is 174 g/mol. The minimum absolute atomic E-state index is 0.0395. The summed E-state index contributed by atoms with van der Waals surface area (Å²) in [5, 5.41) is 0. The molecule has 0 atom stereocenters. The first-order chi connectivity index (χ1) is 6.49. The van der Waals surface area contributed by atoms with Gasteiger partial charge in [0.2, 0.25) is 0 Å². The average Bonchev–Trinajstić information content (AvgIpc) is 2.06. The minimum atomic E-state index is -0.0395. The fraction of sp³-hybridized carbons (Fsp3) is 0.333. The molecule has 2 heteroatoms. The van der Waals surface area contributed by atoms with Crippen molar-refractivity contribution in [1.29, 1.82) is 0 Å². The van der Waals surface area contributed by atoms with Crippen LogP contribution in [-0.2, 0) is 0 Å². The molecule has 1 aromatic rings. The third-order valence-corrected chi connectivity index (χ3v) is 1.58. The van der Waals surface area contributed by atoms with E-state index in [9.17, 15) is 4.79 Å². The van der Waals surface area contributed by atoms with Crippen LogP contribution in [0, 0.1) is 5.41 Å². The van der Waals surface area contributed by atoms with Crippen LogP contribution in [0.15, 0.2) is 41.0 Å². The Kier molecular flexibility index (Phi) is 3.10. The first-order valence-corrected chi connectivity index (χ1v) is 4.60. The molecule has 74 valence electrons. The van der Waals surface area contributed by atoms with E-state index in [1.54, 1.807) is 18.5 Å². The van der Waals surface area contributed by atoms with E-state index in [0.717, 1.165) is 0 Å². The Morgan fingerprint density at radius 1 is 1.36 bits per heavy atom. The van der Waals surface area contributed by atoms with Gasteiger partial charge in [0.05, 0.1) is 6.20 Å². The topological polar surface area (TPSA) is 22.0 Å². The van der Waals surface area contributed by atoms with Crippen LogP contribution in [0.25, 0.3) is 6.20 Å². The first-order valence-electron chi connectivity index (χ1n) is 4.60. The predicted octanol–water partition coefficient (Wildman–Crippen LogP) is 2.52. The highest BCUT2D eigenvalue weighted by Gasteiger charge is 2.01. The highest BCUT2D eigenvalue weighted by molar-refractivity contribution is 5.22. The van der Waals surface area contributed by atoms with E-state index in [2.05, 4.69) is 26.5 Å². The maximum Gasteiger partial charge on any atom is 0.255 e. The third kappa shape index (κ3) is 3.46. The number of allylic oxidation sites excluding steroid dienone is 1. The zero-order valence-corrected chi connectivity index (χ0v) is 8.82. The fourth-order valence-electron chi connectivity index (χ4n) is 0.914. The lowest BCUT2D eigenvalue weighted by atomic mass is 9.97. The Morgan fingerprint density at radius 3 is 2.64 bits per heavy atom. The van der Waals surface area contributed by atoms with Crippen molar-refractivity contribution < 1.29 is 0 Å². The van der Waals surface area contributed by atoms with Crippen LogP contribution >= 0.6 is 0 Å². The van der Waals surface area contributed by atoms with E-state index in [1.807, 2.05) is 12.1 Å². The zero-order valence-electron chi connectivity index (χ0n) is 8.82. The Hall–Kier alpha value is -1.53. The summed E-state index contributed by atoms with van der Waals surface area (Å²) in [5.41, 5.74) is 3.05. The molecule has 0 N–H and O–H groups in total. The monoisotopic (exact) mass is 189 g/mol. The standard InChI is InChI=1S/C12H15NO/c1-12(2,3)8-6-10-13-9-5-4-7-11(13)14/h4-5,7-10H,1-3H3. The zero-order chi connectivity index (χ0) is 10.6. The Morgan fingerprint density at radius 2 is 2.07 bits per heavy atom. The van der Waals surface area contributed by atoms with Gasteiger partial charge in [-0.15, -0.1) is 5.73 Å². The van der Waals surface area contributed by atoms with Crippen LogP contribution in [0.4, 0.5) is 0 Å². The molecule has 0 unspecified atom stereocenters. The van der Waals surface area contributed by atoms with Gasteiger partial charge < -0.3 is 0 Å². The molecule has 1 rings (SSSR count). The van der Waals surface area contributed by atoms with Gasteiger partial charge in [-0.1, -0.05) is 26.8 Å². The molecular formula is C12H15NO. The summed E-state index contributed by atoms with van der Waals surface area (Å²) in [6, 6.07) is 5.06. The van der Waals surface area contributed by atoms with Crippen LogP contribution in [0.1, 0.15) is 20.8 Å². The van der Waals surface area contributed by atoms with Crippen molar-refractivity contribution in [1.82, 2.24) is 4.57 Å². The quantitative estimate of drug-likeness (QED) is 0.622. The van der Waals surface area contributed by atoms with E-state index in [1.165, 1.54) is 10.6 Å². The normalized spacial score (nSPS) is 10.5. The highest BCUT2D eigenvalue weighted by atomic mass is 16.1. The van der Waals surface area contributed by atoms with E-state index in [-0.39, 0.29) is 11.0 Å². The van der Waals surface area contributed by atoms with Gasteiger partial charge in [0, 0.05) is 12.3 Å². The third-order valence-electron chi connectivity index (χ3n) is 1.58. The van der Waals surface area contributed by atoms with E-state index in [4.69, 9.17) is 0 Å². The van der Waals surface area contributed by atoms with Gasteiger partial charge in [-0.2, -0.15) is 0 Å². The van der Waals surface area contributed by atoms with Crippen molar-refractivity contribution in [2.45, 2.75) is 20.8 Å². The fourth-order valence-corrected chi connectivity index (χ4v) is 0.914. The summed E-state index contributed by atoms with van der Waals surface area (Å²) in [6.45, 7) is 6.25. The molecule has 0 spiro atoms. The van der Waals surface area contributed by atoms with E-state index < -0.39 is 0 Å². The minimum Gasteiger partial charge on any atom is -0.284 e. The number of pyridine rings is 1. The maximum atomic E-state index is 11.3. The molecule has 0 aliphatic rings. The summed E-state index contributed by atoms with van der Waals surface area (Å²) in [5.74, 6) is 0. The second-order valence-electron chi connectivity index (χ2n) is 4.25. The summed E-state index contributed by atoms with van der Waals surface area (Å²) >= 11 is 0. The summed E-state index contributed by atoms with van der Waals surface area (Å²) < 4.78 is 1.50. The maximum absolute atomic E-state index is 11.3. The lowest BCUT2D eigenvalue weighted by molar-refractivity contribution is 0.545. The molecule has 0 aliphatic heterocycles. The lowest BCUT2D eigenvalue weighted by Gasteiger charge is -2.08. The molecule has 1 aromatic heterocycles. The molecule has 0 fully saturated rings. The van der Waals surface area contributed by atoms with Gasteiger partial charge >= 0.3 is 0 Å². The van der Waals surface area contributed by atoms with Gasteiger partial charge in [0.25, 0.3) is 5.56 Å². The van der Waals surface area contributed by atoms with Crippen molar-refractivity contribution in [3.05, 3.63) is 46.6 Å². The largest absolute Gasteiger partial charge is 0.284 e. The van der Waals surface area contributed by atoms with Gasteiger partial charge in [-0.05, 0) is 17.6 Å². The Labute approximate surface area is 84.2 Å². The molecule has 0 radical (unpaired) electrons. The molecule has 0 bridgehead atoms. The van der Waals surface area contributed by atoms with Gasteiger partial charge in [-0.25, -0.2) is 0 Å². The number of aromatic nitrogens is 1. The summed E-state index contributed by atoms with van der Waals surface area (Å²) in [4.78, 5) is 11.3. The van der Waals surface area contributed by atoms with Crippen LogP contribution in [-0.4, -0.2) is 4.57 Å².